The Kier molecular flexibility index (Phi) is 10.2. The third-order valence-electron chi connectivity index (χ3n) is 4.75. The van der Waals surface area contributed by atoms with Crippen LogP contribution in [0.1, 0.15) is 52.6 Å². The minimum atomic E-state index is -3.28. The first-order chi connectivity index (χ1) is 13.2. The number of rotatable bonds is 8. The van der Waals surface area contributed by atoms with Crippen molar-refractivity contribution in [2.75, 3.05) is 31.9 Å². The molecule has 0 fully saturated rings. The van der Waals surface area contributed by atoms with Crippen LogP contribution >= 0.6 is 24.0 Å². The molecule has 0 aliphatic carbocycles. The number of benzene rings is 1. The molecule has 1 aliphatic heterocycles. The summed E-state index contributed by atoms with van der Waals surface area (Å²) in [6.07, 6.45) is 0.784. The molecule has 1 unspecified atom stereocenters. The van der Waals surface area contributed by atoms with Gasteiger partial charge in [0.05, 0.1) is 18.3 Å². The zero-order valence-electron chi connectivity index (χ0n) is 18.1. The molecule has 0 saturated heterocycles. The van der Waals surface area contributed by atoms with Crippen LogP contribution in [0, 0.1) is 0 Å². The van der Waals surface area contributed by atoms with E-state index in [-0.39, 0.29) is 47.9 Å². The molecule has 1 atom stereocenters. The lowest BCUT2D eigenvalue weighted by molar-refractivity contribution is 0.0694. The number of guanidine groups is 1. The molecule has 166 valence electrons. The van der Waals surface area contributed by atoms with E-state index < -0.39 is 10.0 Å². The third kappa shape index (κ3) is 7.29. The zero-order chi connectivity index (χ0) is 20.8. The second-order valence-corrected chi connectivity index (χ2v) is 9.55. The van der Waals surface area contributed by atoms with Crippen molar-refractivity contribution in [2.45, 2.75) is 52.7 Å². The van der Waals surface area contributed by atoms with Crippen molar-refractivity contribution < 1.29 is 13.2 Å². The Balaban J connectivity index is 0.00000420. The molecule has 0 saturated carbocycles. The number of para-hydroxylation sites is 1. The molecule has 1 aromatic carbocycles. The Bertz CT molecular complexity index is 780. The molecule has 0 aromatic heterocycles. The Morgan fingerprint density at radius 2 is 1.90 bits per heavy atom. The molecule has 1 aliphatic rings. The van der Waals surface area contributed by atoms with E-state index in [0.717, 1.165) is 17.7 Å². The molecule has 7 nitrogen and oxygen atoms in total. The maximum Gasteiger partial charge on any atom is 0.215 e. The van der Waals surface area contributed by atoms with Gasteiger partial charge in [-0.2, -0.15) is 0 Å². The number of aliphatic imine (C=N–C) groups is 1. The fraction of sp³-hybridized carbons (Fsp3) is 0.650. The molecule has 1 aromatic rings. The fourth-order valence-electron chi connectivity index (χ4n) is 3.43. The average molecular weight is 538 g/mol. The number of ether oxygens (including phenoxy) is 1. The summed E-state index contributed by atoms with van der Waals surface area (Å²) < 4.78 is 32.3. The standard InChI is InChI=1S/C20H34N4O3S.HI/c1-6-21-19(22-13-14-28(25,26)24(7-2)8-3)23-17-15-20(4,5)27-18-12-10-9-11-16(17)18;/h9-12,17H,6-8,13-15H2,1-5H3,(H2,21,22,23);1H. The lowest BCUT2D eigenvalue weighted by atomic mass is 9.90. The van der Waals surface area contributed by atoms with Gasteiger partial charge in [0.25, 0.3) is 0 Å². The number of hydrogen-bond acceptors (Lipinski definition) is 4. The highest BCUT2D eigenvalue weighted by Crippen LogP contribution is 2.39. The molecular formula is C20H35IN4O3S. The van der Waals surface area contributed by atoms with Gasteiger partial charge >= 0.3 is 0 Å². The molecule has 29 heavy (non-hydrogen) atoms. The highest BCUT2D eigenvalue weighted by molar-refractivity contribution is 14.0. The minimum Gasteiger partial charge on any atom is -0.487 e. The summed E-state index contributed by atoms with van der Waals surface area (Å²) in [6.45, 7) is 11.7. The Morgan fingerprint density at radius 1 is 1.24 bits per heavy atom. The van der Waals surface area contributed by atoms with Crippen molar-refractivity contribution in [3.63, 3.8) is 0 Å². The molecular weight excluding hydrogens is 503 g/mol. The third-order valence-corrected chi connectivity index (χ3v) is 6.75. The van der Waals surface area contributed by atoms with Gasteiger partial charge in [0.2, 0.25) is 10.0 Å². The maximum absolute atomic E-state index is 12.4. The van der Waals surface area contributed by atoms with Gasteiger partial charge in [0, 0.05) is 31.6 Å². The van der Waals surface area contributed by atoms with Crippen molar-refractivity contribution in [1.29, 1.82) is 0 Å². The lowest BCUT2D eigenvalue weighted by Crippen LogP contribution is -2.45. The van der Waals surface area contributed by atoms with E-state index in [4.69, 9.17) is 4.74 Å². The van der Waals surface area contributed by atoms with Crippen molar-refractivity contribution >= 4 is 40.0 Å². The smallest absolute Gasteiger partial charge is 0.215 e. The van der Waals surface area contributed by atoms with Crippen LogP contribution in [0.5, 0.6) is 5.75 Å². The Labute approximate surface area is 192 Å². The zero-order valence-corrected chi connectivity index (χ0v) is 21.2. The number of sulfonamides is 1. The fourth-order valence-corrected chi connectivity index (χ4v) is 4.80. The van der Waals surface area contributed by atoms with Gasteiger partial charge in [-0.05, 0) is 26.8 Å². The predicted octanol–water partition coefficient (Wildman–Crippen LogP) is 3.13. The highest BCUT2D eigenvalue weighted by atomic mass is 127. The summed E-state index contributed by atoms with van der Waals surface area (Å²) in [5.74, 6) is 1.49. The highest BCUT2D eigenvalue weighted by Gasteiger charge is 2.34. The molecule has 0 radical (unpaired) electrons. The van der Waals surface area contributed by atoms with Gasteiger partial charge in [-0.3, -0.25) is 4.99 Å². The average Bonchev–Trinajstić information content (AvgIpc) is 2.61. The normalized spacial score (nSPS) is 18.4. The van der Waals surface area contributed by atoms with E-state index in [1.165, 1.54) is 4.31 Å². The minimum absolute atomic E-state index is 0. The SMILES string of the molecule is CCNC(=NCCS(=O)(=O)N(CC)CC)NC1CC(C)(C)Oc2ccccc21.I. The maximum atomic E-state index is 12.4. The topological polar surface area (TPSA) is 83.0 Å². The molecule has 1 heterocycles. The summed E-state index contributed by atoms with van der Waals surface area (Å²) in [5.41, 5.74) is 0.790. The summed E-state index contributed by atoms with van der Waals surface area (Å²) in [4.78, 5) is 4.51. The van der Waals surface area contributed by atoms with Gasteiger partial charge in [-0.25, -0.2) is 12.7 Å². The number of hydrogen-bond donors (Lipinski definition) is 2. The summed E-state index contributed by atoms with van der Waals surface area (Å²) >= 11 is 0. The predicted molar refractivity (Wildman–Crippen MR) is 130 cm³/mol. The van der Waals surface area contributed by atoms with Crippen molar-refractivity contribution in [3.05, 3.63) is 29.8 Å². The quantitative estimate of drug-likeness (QED) is 0.302. The molecule has 0 bridgehead atoms. The van der Waals surface area contributed by atoms with Crippen molar-refractivity contribution in [3.8, 4) is 5.75 Å². The molecule has 2 rings (SSSR count). The Morgan fingerprint density at radius 3 is 2.52 bits per heavy atom. The van der Waals surface area contributed by atoms with Crippen LogP contribution in [0.2, 0.25) is 0 Å². The Hall–Kier alpha value is -1.07. The van der Waals surface area contributed by atoms with Crippen molar-refractivity contribution in [2.24, 2.45) is 4.99 Å². The van der Waals surface area contributed by atoms with E-state index in [1.54, 1.807) is 0 Å². The van der Waals surface area contributed by atoms with Gasteiger partial charge in [0.15, 0.2) is 5.96 Å². The van der Waals surface area contributed by atoms with Gasteiger partial charge in [-0.15, -0.1) is 24.0 Å². The summed E-state index contributed by atoms with van der Waals surface area (Å²) in [5, 5.41) is 6.68. The first-order valence-corrected chi connectivity index (χ1v) is 11.6. The van der Waals surface area contributed by atoms with Gasteiger partial charge < -0.3 is 15.4 Å². The first kappa shape index (κ1) is 26.0. The lowest BCUT2D eigenvalue weighted by Gasteiger charge is -2.38. The summed E-state index contributed by atoms with van der Waals surface area (Å²) in [6, 6.07) is 8.03. The van der Waals surface area contributed by atoms with E-state index in [2.05, 4.69) is 35.5 Å². The monoisotopic (exact) mass is 538 g/mol. The first-order valence-electron chi connectivity index (χ1n) is 10.0. The summed E-state index contributed by atoms with van der Waals surface area (Å²) in [7, 11) is -3.28. The van der Waals surface area contributed by atoms with Crippen LogP contribution < -0.4 is 15.4 Å². The second-order valence-electron chi connectivity index (χ2n) is 7.46. The van der Waals surface area contributed by atoms with E-state index in [1.807, 2.05) is 39.0 Å². The molecule has 0 spiro atoms. The molecule has 9 heteroatoms. The van der Waals surface area contributed by atoms with Crippen LogP contribution in [0.25, 0.3) is 0 Å². The van der Waals surface area contributed by atoms with Crippen molar-refractivity contribution in [1.82, 2.24) is 14.9 Å². The molecule has 2 N–H and O–H groups in total. The van der Waals surface area contributed by atoms with Crippen LogP contribution in [-0.2, 0) is 10.0 Å². The second kappa shape index (κ2) is 11.4. The van der Waals surface area contributed by atoms with Crippen LogP contribution in [0.4, 0.5) is 0 Å². The largest absolute Gasteiger partial charge is 0.487 e. The van der Waals surface area contributed by atoms with Crippen LogP contribution in [-0.4, -0.2) is 56.2 Å². The van der Waals surface area contributed by atoms with Gasteiger partial charge in [-0.1, -0.05) is 32.0 Å². The van der Waals surface area contributed by atoms with Crippen LogP contribution in [0.15, 0.2) is 29.3 Å². The number of halogens is 1. The van der Waals surface area contributed by atoms with E-state index in [9.17, 15) is 8.42 Å². The number of nitrogens with zero attached hydrogens (tertiary/aromatic N) is 2. The molecule has 0 amide bonds. The van der Waals surface area contributed by atoms with Gasteiger partial charge in [0.1, 0.15) is 11.4 Å². The number of nitrogens with one attached hydrogen (secondary N) is 2. The van der Waals surface area contributed by atoms with Crippen LogP contribution in [0.3, 0.4) is 0 Å². The number of fused-ring (bicyclic) bond motifs is 1. The van der Waals surface area contributed by atoms with E-state index >= 15 is 0 Å². The van der Waals surface area contributed by atoms with E-state index in [0.29, 0.717) is 25.6 Å².